The van der Waals surface area contributed by atoms with Gasteiger partial charge in [-0.25, -0.2) is 0 Å². The van der Waals surface area contributed by atoms with E-state index in [-0.39, 0.29) is 11.7 Å². The lowest BCUT2D eigenvalue weighted by atomic mass is 9.99. The molecule has 0 unspecified atom stereocenters. The molecule has 1 aromatic carbocycles. The molecule has 0 aliphatic carbocycles. The maximum Gasteiger partial charge on any atom is 0.257 e. The fourth-order valence-corrected chi connectivity index (χ4v) is 2.80. The minimum atomic E-state index is 0.0235. The highest BCUT2D eigenvalue weighted by Gasteiger charge is 2.22. The fraction of sp³-hybridized carbons (Fsp3) is 0.278. The van der Waals surface area contributed by atoms with Crippen molar-refractivity contribution in [3.8, 4) is 5.75 Å². The molecule has 1 N–H and O–H groups in total. The zero-order valence-corrected chi connectivity index (χ0v) is 12.8. The Morgan fingerprint density at radius 1 is 1.23 bits per heavy atom. The Kier molecular flexibility index (Phi) is 3.75. The van der Waals surface area contributed by atoms with E-state index < -0.39 is 0 Å². The van der Waals surface area contributed by atoms with E-state index in [1.54, 1.807) is 18.2 Å². The van der Waals surface area contributed by atoms with E-state index >= 15 is 0 Å². The smallest absolute Gasteiger partial charge is 0.257 e. The molecule has 1 amide bonds. The van der Waals surface area contributed by atoms with E-state index in [1.165, 1.54) is 5.57 Å². The molecule has 0 radical (unpaired) electrons. The van der Waals surface area contributed by atoms with E-state index in [4.69, 9.17) is 4.42 Å². The molecule has 0 saturated heterocycles. The van der Waals surface area contributed by atoms with Crippen molar-refractivity contribution >= 4 is 11.5 Å². The molecule has 1 aromatic heterocycles. The summed E-state index contributed by atoms with van der Waals surface area (Å²) < 4.78 is 5.44. The highest BCUT2D eigenvalue weighted by molar-refractivity contribution is 5.95. The Hall–Kier alpha value is -2.49. The lowest BCUT2D eigenvalue weighted by Crippen LogP contribution is -2.34. The van der Waals surface area contributed by atoms with Gasteiger partial charge in [-0.3, -0.25) is 4.79 Å². The largest absolute Gasteiger partial charge is 0.508 e. The molecule has 0 spiro atoms. The van der Waals surface area contributed by atoms with Crippen LogP contribution in [0.2, 0.25) is 0 Å². The van der Waals surface area contributed by atoms with Crippen LogP contribution in [-0.4, -0.2) is 29.0 Å². The van der Waals surface area contributed by atoms with E-state index in [2.05, 4.69) is 6.08 Å². The summed E-state index contributed by atoms with van der Waals surface area (Å²) >= 11 is 0. The van der Waals surface area contributed by atoms with E-state index in [1.807, 2.05) is 30.9 Å². The highest BCUT2D eigenvalue weighted by Crippen LogP contribution is 2.25. The topological polar surface area (TPSA) is 53.7 Å². The number of carbonyl (C=O) groups excluding carboxylic acids is 1. The van der Waals surface area contributed by atoms with Gasteiger partial charge in [0.2, 0.25) is 0 Å². The van der Waals surface area contributed by atoms with Gasteiger partial charge in [-0.05, 0) is 49.6 Å². The first kappa shape index (κ1) is 14.4. The van der Waals surface area contributed by atoms with Crippen molar-refractivity contribution in [1.82, 2.24) is 4.90 Å². The molecule has 22 heavy (non-hydrogen) atoms. The number of aryl methyl sites for hydroxylation is 2. The Labute approximate surface area is 129 Å². The van der Waals surface area contributed by atoms with Crippen LogP contribution >= 0.6 is 0 Å². The molecule has 0 atom stereocenters. The molecule has 0 fully saturated rings. The van der Waals surface area contributed by atoms with E-state index in [0.717, 1.165) is 17.7 Å². The molecule has 0 saturated carbocycles. The summed E-state index contributed by atoms with van der Waals surface area (Å²) in [5.74, 6) is 1.73. The highest BCUT2D eigenvalue weighted by atomic mass is 16.3. The van der Waals surface area contributed by atoms with Crippen LogP contribution in [0.1, 0.15) is 33.9 Å². The summed E-state index contributed by atoms with van der Waals surface area (Å²) in [4.78, 5) is 14.4. The first-order chi connectivity index (χ1) is 10.5. The first-order valence-corrected chi connectivity index (χ1v) is 7.39. The molecular weight excluding hydrogens is 278 g/mol. The number of hydrogen-bond donors (Lipinski definition) is 1. The number of nitrogens with zero attached hydrogens (tertiary/aromatic N) is 1. The Morgan fingerprint density at radius 3 is 2.50 bits per heavy atom. The summed E-state index contributed by atoms with van der Waals surface area (Å²) in [6.07, 6.45) is 2.89. The summed E-state index contributed by atoms with van der Waals surface area (Å²) in [5, 5.41) is 9.34. The van der Waals surface area contributed by atoms with Gasteiger partial charge >= 0.3 is 0 Å². The molecule has 1 aliphatic rings. The minimum absolute atomic E-state index is 0.0235. The van der Waals surface area contributed by atoms with Gasteiger partial charge in [0.25, 0.3) is 5.91 Å². The van der Waals surface area contributed by atoms with Crippen molar-refractivity contribution in [3.63, 3.8) is 0 Å². The van der Waals surface area contributed by atoms with Gasteiger partial charge in [0.05, 0.1) is 5.56 Å². The fourth-order valence-electron chi connectivity index (χ4n) is 2.80. The number of hydrogen-bond acceptors (Lipinski definition) is 3. The summed E-state index contributed by atoms with van der Waals surface area (Å²) in [7, 11) is 0. The number of carbonyl (C=O) groups is 1. The third-order valence-electron chi connectivity index (χ3n) is 4.01. The van der Waals surface area contributed by atoms with Crippen LogP contribution in [0.15, 0.2) is 40.8 Å². The number of aromatic hydroxyl groups is 1. The van der Waals surface area contributed by atoms with Gasteiger partial charge in [0.1, 0.15) is 17.3 Å². The Morgan fingerprint density at radius 2 is 1.95 bits per heavy atom. The van der Waals surface area contributed by atoms with Crippen LogP contribution in [0, 0.1) is 13.8 Å². The van der Waals surface area contributed by atoms with Crippen LogP contribution in [0.4, 0.5) is 0 Å². The molecule has 114 valence electrons. The normalized spacial score (nSPS) is 14.8. The van der Waals surface area contributed by atoms with Gasteiger partial charge in [0.15, 0.2) is 0 Å². The molecule has 3 rings (SSSR count). The zero-order chi connectivity index (χ0) is 15.7. The molecule has 0 bridgehead atoms. The number of amides is 1. The molecular formula is C18H19NO3. The SMILES string of the molecule is Cc1cc(C(=O)N2CC=C(c3ccc(O)cc3)CC2)c(C)o1. The Balaban J connectivity index is 1.74. The van der Waals surface area contributed by atoms with Crippen molar-refractivity contribution in [2.75, 3.05) is 13.1 Å². The number of phenolic OH excluding ortho intramolecular Hbond substituents is 1. The van der Waals surface area contributed by atoms with Crippen molar-refractivity contribution < 1.29 is 14.3 Å². The van der Waals surface area contributed by atoms with Crippen molar-refractivity contribution in [3.05, 3.63) is 59.1 Å². The van der Waals surface area contributed by atoms with Gasteiger partial charge in [-0.15, -0.1) is 0 Å². The maximum atomic E-state index is 12.5. The second-order valence-corrected chi connectivity index (χ2v) is 5.60. The van der Waals surface area contributed by atoms with Crippen LogP contribution in [0.3, 0.4) is 0 Å². The molecule has 2 heterocycles. The van der Waals surface area contributed by atoms with Gasteiger partial charge in [-0.2, -0.15) is 0 Å². The van der Waals surface area contributed by atoms with E-state index in [9.17, 15) is 9.90 Å². The zero-order valence-electron chi connectivity index (χ0n) is 12.8. The maximum absolute atomic E-state index is 12.5. The lowest BCUT2D eigenvalue weighted by Gasteiger charge is -2.26. The third-order valence-corrected chi connectivity index (χ3v) is 4.01. The monoisotopic (exact) mass is 297 g/mol. The van der Waals surface area contributed by atoms with Crippen LogP contribution < -0.4 is 0 Å². The minimum Gasteiger partial charge on any atom is -0.508 e. The summed E-state index contributed by atoms with van der Waals surface area (Å²) in [6, 6.07) is 8.98. The van der Waals surface area contributed by atoms with Crippen LogP contribution in [-0.2, 0) is 0 Å². The lowest BCUT2D eigenvalue weighted by molar-refractivity contribution is 0.0771. The molecule has 1 aliphatic heterocycles. The summed E-state index contributed by atoms with van der Waals surface area (Å²) in [5.41, 5.74) is 2.96. The Bertz CT molecular complexity index is 725. The van der Waals surface area contributed by atoms with Gasteiger partial charge < -0.3 is 14.4 Å². The number of rotatable bonds is 2. The van der Waals surface area contributed by atoms with Crippen molar-refractivity contribution in [1.29, 1.82) is 0 Å². The number of furan rings is 1. The van der Waals surface area contributed by atoms with Crippen LogP contribution in [0.25, 0.3) is 5.57 Å². The molecule has 4 nitrogen and oxygen atoms in total. The predicted molar refractivity (Wildman–Crippen MR) is 84.8 cm³/mol. The predicted octanol–water partition coefficient (Wildman–Crippen LogP) is 3.53. The second-order valence-electron chi connectivity index (χ2n) is 5.60. The number of phenols is 1. The molecule has 4 heteroatoms. The van der Waals surface area contributed by atoms with Gasteiger partial charge in [0, 0.05) is 13.1 Å². The average Bonchev–Trinajstić information content (AvgIpc) is 2.86. The third kappa shape index (κ3) is 2.77. The van der Waals surface area contributed by atoms with Crippen molar-refractivity contribution in [2.45, 2.75) is 20.3 Å². The van der Waals surface area contributed by atoms with E-state index in [0.29, 0.717) is 24.4 Å². The average molecular weight is 297 g/mol. The first-order valence-electron chi connectivity index (χ1n) is 7.39. The quantitative estimate of drug-likeness (QED) is 0.922. The summed E-state index contributed by atoms with van der Waals surface area (Å²) in [6.45, 7) is 4.96. The standard InChI is InChI=1S/C18H19NO3/c1-12-11-17(13(2)22-12)18(21)19-9-7-15(8-10-19)14-3-5-16(20)6-4-14/h3-7,11,20H,8-10H2,1-2H3. The van der Waals surface area contributed by atoms with Crippen molar-refractivity contribution in [2.24, 2.45) is 0 Å². The second kappa shape index (κ2) is 5.72. The molecule has 2 aromatic rings. The van der Waals surface area contributed by atoms with Gasteiger partial charge in [-0.1, -0.05) is 18.2 Å². The number of benzene rings is 1. The van der Waals surface area contributed by atoms with Crippen LogP contribution in [0.5, 0.6) is 5.75 Å².